The van der Waals surface area contributed by atoms with Crippen LogP contribution in [-0.2, 0) is 9.84 Å². The molecule has 0 spiro atoms. The van der Waals surface area contributed by atoms with E-state index in [0.717, 1.165) is 5.56 Å². The lowest BCUT2D eigenvalue weighted by molar-refractivity contribution is 0.102. The van der Waals surface area contributed by atoms with Crippen LogP contribution < -0.4 is 4.74 Å². The van der Waals surface area contributed by atoms with Crippen molar-refractivity contribution in [3.8, 4) is 5.75 Å². The highest BCUT2D eigenvalue weighted by molar-refractivity contribution is 7.92. The standard InChI is InChI=1S/C16H16O4S/c1-12-3-5-13(6-4-12)16(17)11-21(18,19)15-9-7-14(20-2)8-10-15/h3-10H,11H2,1-2H3. The Labute approximate surface area is 124 Å². The largest absolute Gasteiger partial charge is 0.497 e. The fraction of sp³-hybridized carbons (Fsp3) is 0.188. The molecule has 0 aromatic heterocycles. The third-order valence-electron chi connectivity index (χ3n) is 3.11. The fourth-order valence-corrected chi connectivity index (χ4v) is 3.09. The van der Waals surface area contributed by atoms with Gasteiger partial charge in [-0.3, -0.25) is 4.79 Å². The number of benzene rings is 2. The number of carbonyl (C=O) groups is 1. The lowest BCUT2D eigenvalue weighted by Crippen LogP contribution is -2.16. The van der Waals surface area contributed by atoms with E-state index < -0.39 is 21.4 Å². The summed E-state index contributed by atoms with van der Waals surface area (Å²) < 4.78 is 29.4. The van der Waals surface area contributed by atoms with Crippen LogP contribution in [0.3, 0.4) is 0 Å². The molecular formula is C16H16O4S. The first-order chi connectivity index (χ1) is 9.92. The first-order valence-electron chi connectivity index (χ1n) is 6.39. The van der Waals surface area contributed by atoms with Crippen LogP contribution in [0.5, 0.6) is 5.75 Å². The van der Waals surface area contributed by atoms with Gasteiger partial charge in [0.1, 0.15) is 11.5 Å². The van der Waals surface area contributed by atoms with E-state index in [1.165, 1.54) is 19.2 Å². The summed E-state index contributed by atoms with van der Waals surface area (Å²) in [4.78, 5) is 12.2. The molecule has 0 saturated heterocycles. The highest BCUT2D eigenvalue weighted by Gasteiger charge is 2.20. The van der Waals surface area contributed by atoms with Crippen LogP contribution in [0.15, 0.2) is 53.4 Å². The maximum atomic E-state index is 12.2. The van der Waals surface area contributed by atoms with E-state index in [1.54, 1.807) is 36.4 Å². The molecule has 0 N–H and O–H groups in total. The maximum Gasteiger partial charge on any atom is 0.185 e. The Balaban J connectivity index is 2.20. The Bertz CT molecular complexity index is 729. The molecule has 0 aliphatic heterocycles. The summed E-state index contributed by atoms with van der Waals surface area (Å²) >= 11 is 0. The van der Waals surface area contributed by atoms with Crippen LogP contribution in [0, 0.1) is 6.92 Å². The van der Waals surface area contributed by atoms with Gasteiger partial charge in [0.2, 0.25) is 0 Å². The number of sulfone groups is 1. The molecule has 5 heteroatoms. The predicted molar refractivity (Wildman–Crippen MR) is 80.6 cm³/mol. The number of aryl methyl sites for hydroxylation is 1. The van der Waals surface area contributed by atoms with Gasteiger partial charge in [0.25, 0.3) is 0 Å². The van der Waals surface area contributed by atoms with Crippen LogP contribution in [0.2, 0.25) is 0 Å². The minimum Gasteiger partial charge on any atom is -0.497 e. The Morgan fingerprint density at radius 2 is 1.57 bits per heavy atom. The zero-order valence-corrected chi connectivity index (χ0v) is 12.7. The van der Waals surface area contributed by atoms with Gasteiger partial charge in [-0.25, -0.2) is 8.42 Å². The predicted octanol–water partition coefficient (Wildman–Crippen LogP) is 2.66. The van der Waals surface area contributed by atoms with Gasteiger partial charge in [-0.05, 0) is 31.2 Å². The van der Waals surface area contributed by atoms with Gasteiger partial charge in [0, 0.05) is 5.56 Å². The number of hydrogen-bond acceptors (Lipinski definition) is 4. The Kier molecular flexibility index (Phi) is 4.43. The SMILES string of the molecule is COc1ccc(S(=O)(=O)CC(=O)c2ccc(C)cc2)cc1. The summed E-state index contributed by atoms with van der Waals surface area (Å²) in [7, 11) is -2.14. The molecule has 0 fully saturated rings. The van der Waals surface area contributed by atoms with Crippen molar-refractivity contribution in [3.63, 3.8) is 0 Å². The quantitative estimate of drug-likeness (QED) is 0.797. The molecule has 0 aliphatic carbocycles. The number of ether oxygens (including phenoxy) is 1. The van der Waals surface area contributed by atoms with Gasteiger partial charge in [-0.1, -0.05) is 29.8 Å². The third kappa shape index (κ3) is 3.70. The first-order valence-corrected chi connectivity index (χ1v) is 8.04. The summed E-state index contributed by atoms with van der Waals surface area (Å²) in [6.07, 6.45) is 0. The minimum atomic E-state index is -3.65. The second-order valence-electron chi connectivity index (χ2n) is 4.72. The molecule has 0 unspecified atom stereocenters. The minimum absolute atomic E-state index is 0.115. The van der Waals surface area contributed by atoms with Crippen molar-refractivity contribution >= 4 is 15.6 Å². The number of methoxy groups -OCH3 is 1. The highest BCUT2D eigenvalue weighted by Crippen LogP contribution is 2.17. The van der Waals surface area contributed by atoms with Crippen LogP contribution in [0.1, 0.15) is 15.9 Å². The number of Topliss-reactive ketones (excluding diaryl/α,β-unsaturated/α-hetero) is 1. The monoisotopic (exact) mass is 304 g/mol. The number of ketones is 1. The first kappa shape index (κ1) is 15.3. The van der Waals surface area contributed by atoms with E-state index in [4.69, 9.17) is 4.74 Å². The van der Waals surface area contributed by atoms with Gasteiger partial charge in [-0.15, -0.1) is 0 Å². The van der Waals surface area contributed by atoms with E-state index in [2.05, 4.69) is 0 Å². The number of carbonyl (C=O) groups excluding carboxylic acids is 1. The van der Waals surface area contributed by atoms with Crippen LogP contribution in [-0.4, -0.2) is 27.1 Å². The Morgan fingerprint density at radius 3 is 2.10 bits per heavy atom. The van der Waals surface area contributed by atoms with Gasteiger partial charge in [0.15, 0.2) is 15.6 Å². The molecule has 110 valence electrons. The molecule has 2 aromatic rings. The average molecular weight is 304 g/mol. The molecule has 0 saturated carbocycles. The molecule has 0 heterocycles. The maximum absolute atomic E-state index is 12.2. The third-order valence-corrected chi connectivity index (χ3v) is 4.75. The van der Waals surface area contributed by atoms with Gasteiger partial charge < -0.3 is 4.74 Å². The van der Waals surface area contributed by atoms with Crippen LogP contribution >= 0.6 is 0 Å². The fourth-order valence-electron chi connectivity index (χ4n) is 1.86. The summed E-state index contributed by atoms with van der Waals surface area (Å²) in [6, 6.07) is 12.8. The lowest BCUT2D eigenvalue weighted by atomic mass is 10.1. The topological polar surface area (TPSA) is 60.4 Å². The smallest absolute Gasteiger partial charge is 0.185 e. The second kappa shape index (κ2) is 6.10. The molecule has 2 aromatic carbocycles. The van der Waals surface area contributed by atoms with E-state index in [-0.39, 0.29) is 4.90 Å². The molecular weight excluding hydrogens is 288 g/mol. The summed E-state index contributed by atoms with van der Waals surface area (Å²) in [5, 5.41) is 0. The van der Waals surface area contributed by atoms with Crippen LogP contribution in [0.4, 0.5) is 0 Å². The highest BCUT2D eigenvalue weighted by atomic mass is 32.2. The van der Waals surface area contributed by atoms with E-state index >= 15 is 0 Å². The molecule has 0 amide bonds. The van der Waals surface area contributed by atoms with E-state index in [1.807, 2.05) is 6.92 Å². The van der Waals surface area contributed by atoms with Crippen molar-refractivity contribution in [1.82, 2.24) is 0 Å². The second-order valence-corrected chi connectivity index (χ2v) is 6.71. The number of rotatable bonds is 5. The van der Waals surface area contributed by atoms with Gasteiger partial charge in [0.05, 0.1) is 12.0 Å². The van der Waals surface area contributed by atoms with E-state index in [0.29, 0.717) is 11.3 Å². The summed E-state index contributed by atoms with van der Waals surface area (Å²) in [6.45, 7) is 1.91. The van der Waals surface area contributed by atoms with Gasteiger partial charge >= 0.3 is 0 Å². The average Bonchev–Trinajstić information content (AvgIpc) is 2.47. The van der Waals surface area contributed by atoms with Crippen molar-refractivity contribution in [2.45, 2.75) is 11.8 Å². The molecule has 2 rings (SSSR count). The van der Waals surface area contributed by atoms with Crippen molar-refractivity contribution in [3.05, 3.63) is 59.7 Å². The molecule has 21 heavy (non-hydrogen) atoms. The summed E-state index contributed by atoms with van der Waals surface area (Å²) in [5.74, 6) is -0.382. The Morgan fingerprint density at radius 1 is 1.00 bits per heavy atom. The van der Waals surface area contributed by atoms with E-state index in [9.17, 15) is 13.2 Å². The number of hydrogen-bond donors (Lipinski definition) is 0. The zero-order chi connectivity index (χ0) is 15.5. The summed E-state index contributed by atoms with van der Waals surface area (Å²) in [5.41, 5.74) is 1.42. The van der Waals surface area contributed by atoms with Crippen LogP contribution in [0.25, 0.3) is 0 Å². The molecule has 0 aliphatic rings. The zero-order valence-electron chi connectivity index (χ0n) is 11.9. The van der Waals surface area contributed by atoms with Crippen molar-refractivity contribution in [1.29, 1.82) is 0 Å². The lowest BCUT2D eigenvalue weighted by Gasteiger charge is -2.06. The van der Waals surface area contributed by atoms with Crippen molar-refractivity contribution in [2.75, 3.05) is 12.9 Å². The molecule has 0 atom stereocenters. The van der Waals surface area contributed by atoms with Crippen molar-refractivity contribution in [2.24, 2.45) is 0 Å². The molecule has 0 radical (unpaired) electrons. The normalized spacial score (nSPS) is 11.1. The van der Waals surface area contributed by atoms with Crippen molar-refractivity contribution < 1.29 is 17.9 Å². The Hall–Kier alpha value is -2.14. The molecule has 4 nitrogen and oxygen atoms in total. The van der Waals surface area contributed by atoms with Gasteiger partial charge in [-0.2, -0.15) is 0 Å². The molecule has 0 bridgehead atoms.